The van der Waals surface area contributed by atoms with Gasteiger partial charge in [0.05, 0.1) is 0 Å². The van der Waals surface area contributed by atoms with Gasteiger partial charge in [-0.15, -0.1) is 0 Å². The normalized spacial score (nSPS) is 13.4. The van der Waals surface area contributed by atoms with E-state index in [9.17, 15) is 4.79 Å². The maximum atomic E-state index is 12.1. The van der Waals surface area contributed by atoms with E-state index in [1.807, 2.05) is 32.0 Å². The molecule has 22 heavy (non-hydrogen) atoms. The Morgan fingerprint density at radius 2 is 1.64 bits per heavy atom. The molecule has 0 spiro atoms. The van der Waals surface area contributed by atoms with Crippen molar-refractivity contribution in [1.82, 2.24) is 5.32 Å². The van der Waals surface area contributed by atoms with Crippen LogP contribution in [0.1, 0.15) is 36.6 Å². The van der Waals surface area contributed by atoms with Crippen molar-refractivity contribution in [2.45, 2.75) is 32.9 Å². The number of nitrogens with one attached hydrogen (secondary N) is 1. The Hall–Kier alpha value is -2.13. The molecule has 0 saturated carbocycles. The molecule has 0 heterocycles. The zero-order valence-electron chi connectivity index (χ0n) is 13.5. The lowest BCUT2D eigenvalue weighted by molar-refractivity contribution is -0.704. The highest BCUT2D eigenvalue weighted by Gasteiger charge is 2.24. The molecule has 0 saturated heterocycles. The number of benzene rings is 2. The first-order chi connectivity index (χ1) is 10.6. The van der Waals surface area contributed by atoms with Gasteiger partial charge in [0.25, 0.3) is 5.91 Å². The third-order valence-corrected chi connectivity index (χ3v) is 3.84. The van der Waals surface area contributed by atoms with Crippen LogP contribution >= 0.6 is 0 Å². The van der Waals surface area contributed by atoms with Gasteiger partial charge in [0.15, 0.2) is 6.04 Å². The fourth-order valence-corrected chi connectivity index (χ4v) is 2.56. The number of nitrogens with two attached hydrogens (primary N) is 1. The van der Waals surface area contributed by atoms with Crippen LogP contribution in [0.2, 0.25) is 0 Å². The highest BCUT2D eigenvalue weighted by atomic mass is 16.2. The fraction of sp³-hybridized carbons (Fsp3) is 0.316. The van der Waals surface area contributed by atoms with Gasteiger partial charge >= 0.3 is 0 Å². The van der Waals surface area contributed by atoms with Gasteiger partial charge in [0, 0.05) is 17.7 Å². The van der Waals surface area contributed by atoms with Gasteiger partial charge in [0.1, 0.15) is 6.04 Å². The molecule has 116 valence electrons. The minimum Gasteiger partial charge on any atom is -0.351 e. The second kappa shape index (κ2) is 7.76. The van der Waals surface area contributed by atoms with Crippen molar-refractivity contribution >= 4 is 5.91 Å². The molecule has 2 aromatic rings. The topological polar surface area (TPSA) is 45.7 Å². The Kier molecular flexibility index (Phi) is 5.73. The minimum absolute atomic E-state index is 0.0792. The molecule has 0 aliphatic rings. The van der Waals surface area contributed by atoms with E-state index < -0.39 is 0 Å². The quantitative estimate of drug-likeness (QED) is 0.843. The molecule has 1 amide bonds. The number of amides is 1. The lowest BCUT2D eigenvalue weighted by atomic mass is 9.97. The average Bonchev–Trinajstić information content (AvgIpc) is 2.54. The molecule has 0 aromatic heterocycles. The van der Waals surface area contributed by atoms with Crippen molar-refractivity contribution in [3.05, 3.63) is 71.3 Å². The van der Waals surface area contributed by atoms with Crippen LogP contribution in [0.5, 0.6) is 0 Å². The Labute approximate surface area is 132 Å². The second-order valence-electron chi connectivity index (χ2n) is 5.67. The van der Waals surface area contributed by atoms with Gasteiger partial charge in [0.2, 0.25) is 0 Å². The molecule has 0 unspecified atom stereocenters. The van der Waals surface area contributed by atoms with Gasteiger partial charge in [-0.3, -0.25) is 4.79 Å². The maximum absolute atomic E-state index is 12.1. The lowest BCUT2D eigenvalue weighted by Crippen LogP contribution is -2.92. The van der Waals surface area contributed by atoms with Crippen molar-refractivity contribution in [3.8, 4) is 0 Å². The van der Waals surface area contributed by atoms with E-state index in [0.29, 0.717) is 6.54 Å². The predicted octanol–water partition coefficient (Wildman–Crippen LogP) is 2.17. The van der Waals surface area contributed by atoms with Crippen LogP contribution in [0, 0.1) is 6.92 Å². The van der Waals surface area contributed by atoms with Gasteiger partial charge in [-0.05, 0) is 20.8 Å². The van der Waals surface area contributed by atoms with E-state index in [2.05, 4.69) is 54.0 Å². The molecule has 3 nitrogen and oxygen atoms in total. The van der Waals surface area contributed by atoms with Crippen molar-refractivity contribution in [2.75, 3.05) is 6.54 Å². The molecule has 0 fully saturated rings. The summed E-state index contributed by atoms with van der Waals surface area (Å²) in [4.78, 5) is 12.1. The summed E-state index contributed by atoms with van der Waals surface area (Å²) in [6, 6.07) is 18.9. The first-order valence-electron chi connectivity index (χ1n) is 7.86. The zero-order chi connectivity index (χ0) is 15.9. The first kappa shape index (κ1) is 16.2. The summed E-state index contributed by atoms with van der Waals surface area (Å²) >= 11 is 0. The molecule has 3 heteroatoms. The molecule has 0 radical (unpaired) electrons. The molecule has 0 bridgehead atoms. The van der Waals surface area contributed by atoms with Gasteiger partial charge in [-0.1, -0.05) is 60.2 Å². The molecular weight excluding hydrogens is 272 g/mol. The maximum Gasteiger partial charge on any atom is 0.277 e. The molecule has 0 aliphatic heterocycles. The third-order valence-electron chi connectivity index (χ3n) is 3.84. The smallest absolute Gasteiger partial charge is 0.277 e. The van der Waals surface area contributed by atoms with E-state index in [4.69, 9.17) is 0 Å². The molecule has 2 rings (SSSR count). The van der Waals surface area contributed by atoms with Crippen LogP contribution in [-0.4, -0.2) is 18.5 Å². The molecular formula is C19H25N2O+. The van der Waals surface area contributed by atoms with Crippen LogP contribution in [0.3, 0.4) is 0 Å². The van der Waals surface area contributed by atoms with Crippen molar-refractivity contribution in [2.24, 2.45) is 0 Å². The third kappa shape index (κ3) is 4.18. The van der Waals surface area contributed by atoms with E-state index in [1.54, 1.807) is 0 Å². The van der Waals surface area contributed by atoms with Crippen LogP contribution in [0.4, 0.5) is 0 Å². The van der Waals surface area contributed by atoms with Crippen LogP contribution < -0.4 is 10.6 Å². The number of quaternary nitrogens is 1. The van der Waals surface area contributed by atoms with Gasteiger partial charge in [-0.2, -0.15) is 0 Å². The van der Waals surface area contributed by atoms with Crippen LogP contribution in [-0.2, 0) is 4.79 Å². The minimum atomic E-state index is -0.133. The monoisotopic (exact) mass is 297 g/mol. The zero-order valence-corrected chi connectivity index (χ0v) is 13.5. The molecule has 2 atom stereocenters. The Balaban J connectivity index is 2.26. The summed E-state index contributed by atoms with van der Waals surface area (Å²) in [5, 5.41) is 5.02. The standard InChI is InChI=1S/C19H24N2O/c1-4-20-19(22)15(3)21-18(16-8-6-5-7-9-16)17-12-10-14(2)11-13-17/h5-13,15,18,21H,4H2,1-3H3,(H,20,22)/p+1/t15-,18-/m1/s1. The van der Waals surface area contributed by atoms with Crippen molar-refractivity contribution in [1.29, 1.82) is 0 Å². The molecule has 2 aromatic carbocycles. The second-order valence-corrected chi connectivity index (χ2v) is 5.67. The molecule has 0 aliphatic carbocycles. The summed E-state index contributed by atoms with van der Waals surface area (Å²) in [7, 11) is 0. The number of carbonyl (C=O) groups excluding carboxylic acids is 1. The van der Waals surface area contributed by atoms with E-state index in [1.165, 1.54) is 16.7 Å². The summed E-state index contributed by atoms with van der Waals surface area (Å²) in [6.45, 7) is 6.65. The summed E-state index contributed by atoms with van der Waals surface area (Å²) in [5.74, 6) is 0.0792. The van der Waals surface area contributed by atoms with Gasteiger partial charge in [-0.25, -0.2) is 0 Å². The first-order valence-corrected chi connectivity index (χ1v) is 7.86. The number of likely N-dealkylation sites (N-methyl/N-ethyl adjacent to an activating group) is 1. The molecule has 3 N–H and O–H groups in total. The average molecular weight is 297 g/mol. The van der Waals surface area contributed by atoms with Crippen molar-refractivity contribution < 1.29 is 10.1 Å². The highest BCUT2D eigenvalue weighted by Crippen LogP contribution is 2.18. The number of aryl methyl sites for hydroxylation is 1. The lowest BCUT2D eigenvalue weighted by Gasteiger charge is -2.20. The summed E-state index contributed by atoms with van der Waals surface area (Å²) in [5.41, 5.74) is 3.67. The predicted molar refractivity (Wildman–Crippen MR) is 89.5 cm³/mol. The number of hydrogen-bond acceptors (Lipinski definition) is 1. The Bertz CT molecular complexity index is 593. The highest BCUT2D eigenvalue weighted by molar-refractivity contribution is 5.79. The van der Waals surface area contributed by atoms with E-state index in [-0.39, 0.29) is 18.0 Å². The number of hydrogen-bond donors (Lipinski definition) is 2. The summed E-state index contributed by atoms with van der Waals surface area (Å²) in [6.07, 6.45) is 0. The van der Waals surface area contributed by atoms with Gasteiger partial charge < -0.3 is 10.6 Å². The van der Waals surface area contributed by atoms with E-state index in [0.717, 1.165) is 0 Å². The van der Waals surface area contributed by atoms with Crippen LogP contribution in [0.25, 0.3) is 0 Å². The van der Waals surface area contributed by atoms with Crippen molar-refractivity contribution in [3.63, 3.8) is 0 Å². The fourth-order valence-electron chi connectivity index (χ4n) is 2.56. The van der Waals surface area contributed by atoms with Crippen LogP contribution in [0.15, 0.2) is 54.6 Å². The summed E-state index contributed by atoms with van der Waals surface area (Å²) < 4.78 is 0. The number of rotatable bonds is 6. The Morgan fingerprint density at radius 3 is 2.23 bits per heavy atom. The number of carbonyl (C=O) groups is 1. The van der Waals surface area contributed by atoms with E-state index >= 15 is 0 Å². The largest absolute Gasteiger partial charge is 0.351 e. The SMILES string of the molecule is CCNC(=O)[C@@H](C)[NH2+][C@H](c1ccccc1)c1ccc(C)cc1. The Morgan fingerprint density at radius 1 is 1.05 bits per heavy atom.